The zero-order valence-electron chi connectivity index (χ0n) is 10.4. The second-order valence-electron chi connectivity index (χ2n) is 4.31. The summed E-state index contributed by atoms with van der Waals surface area (Å²) >= 11 is 0. The van der Waals surface area contributed by atoms with Crippen LogP contribution in [0.15, 0.2) is 18.2 Å². The van der Waals surface area contributed by atoms with Crippen LogP contribution in [0.1, 0.15) is 35.3 Å². The first kappa shape index (κ1) is 13.3. The van der Waals surface area contributed by atoms with Crippen LogP contribution in [0.25, 0.3) is 0 Å². The fourth-order valence-corrected chi connectivity index (χ4v) is 1.30. The topological polar surface area (TPSA) is 38.3 Å². The van der Waals surface area contributed by atoms with Crippen LogP contribution in [-0.4, -0.2) is 12.5 Å². The second-order valence-corrected chi connectivity index (χ2v) is 4.31. The van der Waals surface area contributed by atoms with Crippen molar-refractivity contribution in [3.63, 3.8) is 0 Å². The van der Waals surface area contributed by atoms with Crippen molar-refractivity contribution in [3.8, 4) is 12.3 Å². The van der Waals surface area contributed by atoms with E-state index in [2.05, 4.69) is 11.4 Å². The molecule has 0 aliphatic carbocycles. The third-order valence-corrected chi connectivity index (χ3v) is 2.23. The molecule has 17 heavy (non-hydrogen) atoms. The van der Waals surface area contributed by atoms with E-state index in [9.17, 15) is 4.79 Å². The van der Waals surface area contributed by atoms with E-state index in [1.807, 2.05) is 20.8 Å². The number of amides is 1. The van der Waals surface area contributed by atoms with Crippen LogP contribution in [0.3, 0.4) is 0 Å². The highest BCUT2D eigenvalue weighted by molar-refractivity contribution is 5.93. The van der Waals surface area contributed by atoms with Gasteiger partial charge in [-0.25, -0.2) is 5.48 Å². The molecule has 0 aromatic heterocycles. The van der Waals surface area contributed by atoms with Crippen LogP contribution in [-0.2, 0) is 4.84 Å². The largest absolute Gasteiger partial charge is 0.274 e. The Hall–Kier alpha value is -1.79. The Morgan fingerprint density at radius 3 is 2.76 bits per heavy atom. The predicted molar refractivity (Wildman–Crippen MR) is 67.4 cm³/mol. The Bertz CT molecular complexity index is 444. The van der Waals surface area contributed by atoms with Crippen molar-refractivity contribution in [3.05, 3.63) is 34.9 Å². The number of hydrogen-bond acceptors (Lipinski definition) is 2. The molecule has 0 radical (unpaired) electrons. The number of rotatable bonds is 4. The molecular formula is C14H17NO2. The maximum absolute atomic E-state index is 11.7. The molecule has 0 aliphatic heterocycles. The summed E-state index contributed by atoms with van der Waals surface area (Å²) in [5.74, 6) is 2.68. The lowest BCUT2D eigenvalue weighted by atomic mass is 10.1. The third-order valence-electron chi connectivity index (χ3n) is 2.23. The Kier molecular flexibility index (Phi) is 4.74. The van der Waals surface area contributed by atoms with Crippen molar-refractivity contribution in [2.45, 2.75) is 20.8 Å². The summed E-state index contributed by atoms with van der Waals surface area (Å²) in [6, 6.07) is 5.20. The minimum Gasteiger partial charge on any atom is -0.273 e. The lowest BCUT2D eigenvalue weighted by Crippen LogP contribution is -2.25. The number of hydroxylamine groups is 1. The van der Waals surface area contributed by atoms with Crippen LogP contribution < -0.4 is 5.48 Å². The van der Waals surface area contributed by atoms with E-state index >= 15 is 0 Å². The summed E-state index contributed by atoms with van der Waals surface area (Å²) in [6.07, 6.45) is 5.32. The smallest absolute Gasteiger partial charge is 0.273 e. The highest BCUT2D eigenvalue weighted by Crippen LogP contribution is 2.09. The first-order valence-corrected chi connectivity index (χ1v) is 5.54. The van der Waals surface area contributed by atoms with Gasteiger partial charge in [0.15, 0.2) is 0 Å². The van der Waals surface area contributed by atoms with Gasteiger partial charge in [-0.1, -0.05) is 19.8 Å². The zero-order chi connectivity index (χ0) is 12.8. The van der Waals surface area contributed by atoms with Crippen LogP contribution in [0.4, 0.5) is 0 Å². The minimum atomic E-state index is -0.252. The van der Waals surface area contributed by atoms with Gasteiger partial charge in [-0.05, 0) is 36.6 Å². The van der Waals surface area contributed by atoms with E-state index in [4.69, 9.17) is 11.3 Å². The molecule has 0 spiro atoms. The summed E-state index contributed by atoms with van der Waals surface area (Å²) in [4.78, 5) is 16.8. The van der Waals surface area contributed by atoms with Crippen LogP contribution in [0.5, 0.6) is 0 Å². The van der Waals surface area contributed by atoms with Crippen molar-refractivity contribution >= 4 is 5.91 Å². The zero-order valence-corrected chi connectivity index (χ0v) is 10.4. The number of hydrogen-bond donors (Lipinski definition) is 1. The van der Waals surface area contributed by atoms with E-state index in [0.717, 1.165) is 11.1 Å². The maximum atomic E-state index is 11.7. The van der Waals surface area contributed by atoms with Crippen molar-refractivity contribution < 1.29 is 9.63 Å². The summed E-state index contributed by atoms with van der Waals surface area (Å²) in [5.41, 5.74) is 4.65. The molecule has 1 rings (SSSR count). The van der Waals surface area contributed by atoms with Crippen molar-refractivity contribution in [1.29, 1.82) is 0 Å². The summed E-state index contributed by atoms with van der Waals surface area (Å²) in [6.45, 7) is 6.39. The van der Waals surface area contributed by atoms with Gasteiger partial charge in [0.05, 0.1) is 6.61 Å². The molecule has 1 aromatic carbocycles. The average molecular weight is 231 g/mol. The van der Waals surface area contributed by atoms with E-state index in [0.29, 0.717) is 18.1 Å². The van der Waals surface area contributed by atoms with E-state index in [-0.39, 0.29) is 5.91 Å². The Labute approximate surface area is 102 Å². The first-order chi connectivity index (χ1) is 8.04. The van der Waals surface area contributed by atoms with Crippen molar-refractivity contribution in [2.24, 2.45) is 5.92 Å². The molecule has 0 fully saturated rings. The highest BCUT2D eigenvalue weighted by Gasteiger charge is 2.07. The summed E-state index contributed by atoms with van der Waals surface area (Å²) in [7, 11) is 0. The van der Waals surface area contributed by atoms with Crippen molar-refractivity contribution in [1.82, 2.24) is 5.48 Å². The van der Waals surface area contributed by atoms with E-state index in [1.165, 1.54) is 0 Å². The molecule has 0 saturated heterocycles. The molecule has 3 heteroatoms. The van der Waals surface area contributed by atoms with Gasteiger partial charge >= 0.3 is 0 Å². The first-order valence-electron chi connectivity index (χ1n) is 5.54. The fraction of sp³-hybridized carbons (Fsp3) is 0.357. The number of benzene rings is 1. The van der Waals surface area contributed by atoms with Gasteiger partial charge in [0.2, 0.25) is 0 Å². The molecular weight excluding hydrogens is 214 g/mol. The van der Waals surface area contributed by atoms with Crippen LogP contribution in [0, 0.1) is 25.2 Å². The van der Waals surface area contributed by atoms with Gasteiger partial charge in [-0.15, -0.1) is 6.42 Å². The van der Waals surface area contributed by atoms with Crippen LogP contribution in [0.2, 0.25) is 0 Å². The number of carbonyl (C=O) groups is 1. The second kappa shape index (κ2) is 6.07. The van der Waals surface area contributed by atoms with E-state index < -0.39 is 0 Å². The highest BCUT2D eigenvalue weighted by atomic mass is 16.6. The number of terminal acetylenes is 1. The van der Waals surface area contributed by atoms with Gasteiger partial charge in [-0.3, -0.25) is 9.63 Å². The lowest BCUT2D eigenvalue weighted by Gasteiger charge is -2.08. The monoisotopic (exact) mass is 231 g/mol. The quantitative estimate of drug-likeness (QED) is 0.638. The molecule has 0 unspecified atom stereocenters. The molecule has 1 aromatic rings. The van der Waals surface area contributed by atoms with E-state index in [1.54, 1.807) is 18.2 Å². The Morgan fingerprint density at radius 1 is 1.53 bits per heavy atom. The summed E-state index contributed by atoms with van der Waals surface area (Å²) in [5, 5.41) is 0. The molecule has 0 aliphatic rings. The normalized spacial score (nSPS) is 10.1. The van der Waals surface area contributed by atoms with Crippen LogP contribution >= 0.6 is 0 Å². The molecule has 1 N–H and O–H groups in total. The Morgan fingerprint density at radius 2 is 2.24 bits per heavy atom. The Balaban J connectivity index is 2.64. The molecule has 0 atom stereocenters. The summed E-state index contributed by atoms with van der Waals surface area (Å²) < 4.78 is 0. The van der Waals surface area contributed by atoms with Gasteiger partial charge in [-0.2, -0.15) is 0 Å². The number of nitrogens with one attached hydrogen (secondary N) is 1. The predicted octanol–water partition coefficient (Wildman–Crippen LogP) is 2.29. The van der Waals surface area contributed by atoms with Gasteiger partial charge in [0.25, 0.3) is 5.91 Å². The fourth-order valence-electron chi connectivity index (χ4n) is 1.30. The van der Waals surface area contributed by atoms with Gasteiger partial charge in [0, 0.05) is 11.1 Å². The molecule has 1 amide bonds. The SMILES string of the molecule is C#Cc1ccc(C(=O)NOCC(C)C)cc1C. The molecule has 0 bridgehead atoms. The van der Waals surface area contributed by atoms with Gasteiger partial charge < -0.3 is 0 Å². The third kappa shape index (κ3) is 3.93. The molecule has 3 nitrogen and oxygen atoms in total. The standard InChI is InChI=1S/C14H17NO2/c1-5-12-6-7-13(8-11(12)4)14(16)15-17-9-10(2)3/h1,6-8,10H,9H2,2-4H3,(H,15,16). The number of aryl methyl sites for hydroxylation is 1. The average Bonchev–Trinajstić information content (AvgIpc) is 2.28. The van der Waals surface area contributed by atoms with Gasteiger partial charge in [0.1, 0.15) is 0 Å². The number of carbonyl (C=O) groups excluding carboxylic acids is 1. The molecule has 0 saturated carbocycles. The maximum Gasteiger partial charge on any atom is 0.274 e. The van der Waals surface area contributed by atoms with Crippen molar-refractivity contribution in [2.75, 3.05) is 6.61 Å². The molecule has 90 valence electrons. The molecule has 0 heterocycles. The minimum absolute atomic E-state index is 0.252. The lowest BCUT2D eigenvalue weighted by molar-refractivity contribution is 0.0208.